The minimum atomic E-state index is -0.289. The van der Waals surface area contributed by atoms with E-state index in [1.54, 1.807) is 0 Å². The van der Waals surface area contributed by atoms with Gasteiger partial charge in [-0.15, -0.1) is 0 Å². The van der Waals surface area contributed by atoms with E-state index < -0.39 is 0 Å². The number of carbonyl (C=O) groups is 1. The van der Waals surface area contributed by atoms with Crippen LogP contribution in [0, 0.1) is 0 Å². The molecule has 0 aliphatic carbocycles. The molecule has 1 saturated heterocycles. The molecule has 1 fully saturated rings. The van der Waals surface area contributed by atoms with Gasteiger partial charge in [0.2, 0.25) is 0 Å². The molecule has 6 heteroatoms. The monoisotopic (exact) mass is 388 g/mol. The van der Waals surface area contributed by atoms with Gasteiger partial charge in [-0.25, -0.2) is 4.79 Å². The third-order valence-electron chi connectivity index (χ3n) is 4.55. The normalized spacial score (nSPS) is 17.8. The Labute approximate surface area is 165 Å². The van der Waals surface area contributed by atoms with Crippen LogP contribution in [-0.4, -0.2) is 25.3 Å². The Hall–Kier alpha value is -2.24. The topological polar surface area (TPSA) is 59.6 Å². The van der Waals surface area contributed by atoms with E-state index in [1.807, 2.05) is 55.5 Å². The first-order chi connectivity index (χ1) is 13.1. The number of halogens is 1. The van der Waals surface area contributed by atoms with Crippen LogP contribution in [-0.2, 0) is 4.74 Å². The molecule has 1 heterocycles. The number of hydrogen-bond acceptors (Lipinski definition) is 3. The number of rotatable bonds is 6. The van der Waals surface area contributed by atoms with E-state index in [2.05, 4.69) is 10.6 Å². The average Bonchev–Trinajstić information content (AvgIpc) is 2.68. The number of benzene rings is 2. The second kappa shape index (κ2) is 9.62. The number of ether oxygens (including phenoxy) is 2. The average molecular weight is 389 g/mol. The van der Waals surface area contributed by atoms with Crippen molar-refractivity contribution in [1.29, 1.82) is 0 Å². The molecule has 0 saturated carbocycles. The van der Waals surface area contributed by atoms with Crippen LogP contribution in [0.25, 0.3) is 0 Å². The molecule has 0 aromatic heterocycles. The Morgan fingerprint density at radius 3 is 2.74 bits per heavy atom. The zero-order valence-corrected chi connectivity index (χ0v) is 16.2. The van der Waals surface area contributed by atoms with Crippen molar-refractivity contribution in [2.24, 2.45) is 0 Å². The lowest BCUT2D eigenvalue weighted by Crippen LogP contribution is -2.31. The van der Waals surface area contributed by atoms with Gasteiger partial charge in [0.15, 0.2) is 0 Å². The Kier molecular flexibility index (Phi) is 6.96. The van der Waals surface area contributed by atoms with E-state index in [0.29, 0.717) is 23.1 Å². The summed E-state index contributed by atoms with van der Waals surface area (Å²) in [6, 6.07) is 14.4. The number of urea groups is 1. The van der Waals surface area contributed by atoms with Crippen molar-refractivity contribution in [3.05, 3.63) is 59.1 Å². The minimum absolute atomic E-state index is 0.116. The molecule has 0 bridgehead atoms. The molecule has 0 radical (unpaired) electrons. The summed E-state index contributed by atoms with van der Waals surface area (Å²) >= 11 is 5.91. The van der Waals surface area contributed by atoms with E-state index in [4.69, 9.17) is 21.1 Å². The molecule has 3 rings (SSSR count). The summed E-state index contributed by atoms with van der Waals surface area (Å²) in [5, 5.41) is 6.46. The molecule has 2 N–H and O–H groups in total. The second-order valence-corrected chi connectivity index (χ2v) is 7.10. The van der Waals surface area contributed by atoms with Crippen LogP contribution >= 0.6 is 11.6 Å². The van der Waals surface area contributed by atoms with Gasteiger partial charge in [-0.05, 0) is 56.0 Å². The van der Waals surface area contributed by atoms with Crippen LogP contribution < -0.4 is 15.4 Å². The van der Waals surface area contributed by atoms with Crippen LogP contribution in [0.4, 0.5) is 10.5 Å². The lowest BCUT2D eigenvalue weighted by Gasteiger charge is -2.23. The molecule has 2 atom stereocenters. The Morgan fingerprint density at radius 2 is 2.00 bits per heavy atom. The maximum Gasteiger partial charge on any atom is 0.319 e. The molecule has 2 amide bonds. The van der Waals surface area contributed by atoms with Gasteiger partial charge >= 0.3 is 6.03 Å². The number of carbonyl (C=O) groups excluding carboxylic acids is 1. The van der Waals surface area contributed by atoms with E-state index in [0.717, 1.165) is 25.0 Å². The molecule has 27 heavy (non-hydrogen) atoms. The molecule has 1 aliphatic heterocycles. The van der Waals surface area contributed by atoms with Gasteiger partial charge in [0.05, 0.1) is 17.8 Å². The summed E-state index contributed by atoms with van der Waals surface area (Å²) < 4.78 is 11.6. The first kappa shape index (κ1) is 19.5. The third kappa shape index (κ3) is 5.88. The maximum atomic E-state index is 12.4. The van der Waals surface area contributed by atoms with Crippen molar-refractivity contribution in [2.45, 2.75) is 38.3 Å². The lowest BCUT2D eigenvalue weighted by molar-refractivity contribution is -0.0109. The van der Waals surface area contributed by atoms with Crippen molar-refractivity contribution < 1.29 is 14.3 Å². The molecule has 5 nitrogen and oxygen atoms in total. The first-order valence-corrected chi connectivity index (χ1v) is 9.66. The highest BCUT2D eigenvalue weighted by Gasteiger charge is 2.16. The molecule has 1 aliphatic rings. The SMILES string of the molecule is CC(NC(=O)Nc1ccccc1OCC1CCCCO1)c1ccc(Cl)cc1. The number of para-hydroxylation sites is 2. The zero-order valence-electron chi connectivity index (χ0n) is 15.4. The quantitative estimate of drug-likeness (QED) is 0.717. The van der Waals surface area contributed by atoms with Gasteiger partial charge in [-0.3, -0.25) is 0 Å². The van der Waals surface area contributed by atoms with Gasteiger partial charge in [0.1, 0.15) is 12.4 Å². The highest BCUT2D eigenvalue weighted by atomic mass is 35.5. The summed E-state index contributed by atoms with van der Waals surface area (Å²) in [5.41, 5.74) is 1.61. The van der Waals surface area contributed by atoms with Gasteiger partial charge in [0, 0.05) is 11.6 Å². The van der Waals surface area contributed by atoms with Gasteiger partial charge in [-0.2, -0.15) is 0 Å². The number of hydrogen-bond donors (Lipinski definition) is 2. The van der Waals surface area contributed by atoms with Crippen LogP contribution in [0.5, 0.6) is 5.75 Å². The van der Waals surface area contributed by atoms with E-state index >= 15 is 0 Å². The minimum Gasteiger partial charge on any atom is -0.489 e. The summed E-state index contributed by atoms with van der Waals surface area (Å²) in [7, 11) is 0. The molecule has 2 aromatic rings. The molecule has 2 aromatic carbocycles. The highest BCUT2D eigenvalue weighted by molar-refractivity contribution is 6.30. The first-order valence-electron chi connectivity index (χ1n) is 9.28. The van der Waals surface area contributed by atoms with Crippen molar-refractivity contribution in [3.63, 3.8) is 0 Å². The maximum absolute atomic E-state index is 12.4. The van der Waals surface area contributed by atoms with Crippen molar-refractivity contribution in [1.82, 2.24) is 5.32 Å². The molecule has 2 unspecified atom stereocenters. The fourth-order valence-electron chi connectivity index (χ4n) is 3.01. The predicted molar refractivity (Wildman–Crippen MR) is 108 cm³/mol. The molecular formula is C21H25ClN2O3. The van der Waals surface area contributed by atoms with Crippen LogP contribution in [0.15, 0.2) is 48.5 Å². The fraction of sp³-hybridized carbons (Fsp3) is 0.381. The van der Waals surface area contributed by atoms with E-state index in [1.165, 1.54) is 6.42 Å². The zero-order chi connectivity index (χ0) is 19.1. The number of anilines is 1. The van der Waals surface area contributed by atoms with Crippen LogP contribution in [0.2, 0.25) is 5.02 Å². The van der Waals surface area contributed by atoms with Crippen LogP contribution in [0.1, 0.15) is 37.8 Å². The largest absolute Gasteiger partial charge is 0.489 e. The number of amides is 2. The Bertz CT molecular complexity index is 745. The number of nitrogens with one attached hydrogen (secondary N) is 2. The Morgan fingerprint density at radius 1 is 1.22 bits per heavy atom. The summed E-state index contributed by atoms with van der Waals surface area (Å²) in [6.45, 7) is 3.20. The molecule has 144 valence electrons. The van der Waals surface area contributed by atoms with E-state index in [-0.39, 0.29) is 18.2 Å². The van der Waals surface area contributed by atoms with Crippen LogP contribution in [0.3, 0.4) is 0 Å². The lowest BCUT2D eigenvalue weighted by atomic mass is 10.1. The standard InChI is InChI=1S/C21H25ClN2O3/c1-15(16-9-11-17(22)12-10-16)23-21(25)24-19-7-2-3-8-20(19)27-14-18-6-4-5-13-26-18/h2-3,7-12,15,18H,4-6,13-14H2,1H3,(H2,23,24,25). The van der Waals surface area contributed by atoms with Crippen molar-refractivity contribution >= 4 is 23.3 Å². The van der Waals surface area contributed by atoms with Gasteiger partial charge in [0.25, 0.3) is 0 Å². The smallest absolute Gasteiger partial charge is 0.319 e. The second-order valence-electron chi connectivity index (χ2n) is 6.67. The van der Waals surface area contributed by atoms with E-state index in [9.17, 15) is 4.79 Å². The Balaban J connectivity index is 1.56. The van der Waals surface area contributed by atoms with Gasteiger partial charge < -0.3 is 20.1 Å². The summed E-state index contributed by atoms with van der Waals surface area (Å²) in [4.78, 5) is 12.4. The highest BCUT2D eigenvalue weighted by Crippen LogP contribution is 2.25. The predicted octanol–water partition coefficient (Wildman–Crippen LogP) is 5.17. The third-order valence-corrected chi connectivity index (χ3v) is 4.80. The van der Waals surface area contributed by atoms with Crippen molar-refractivity contribution in [3.8, 4) is 5.75 Å². The van der Waals surface area contributed by atoms with Crippen molar-refractivity contribution in [2.75, 3.05) is 18.5 Å². The molecule has 0 spiro atoms. The molecular weight excluding hydrogens is 364 g/mol. The fourth-order valence-corrected chi connectivity index (χ4v) is 3.13. The summed E-state index contributed by atoms with van der Waals surface area (Å²) in [6.07, 6.45) is 3.40. The summed E-state index contributed by atoms with van der Waals surface area (Å²) in [5.74, 6) is 0.640. The van der Waals surface area contributed by atoms with Gasteiger partial charge in [-0.1, -0.05) is 35.9 Å².